The Morgan fingerprint density at radius 2 is 1.58 bits per heavy atom. The summed E-state index contributed by atoms with van der Waals surface area (Å²) in [5.41, 5.74) is 14.7. The summed E-state index contributed by atoms with van der Waals surface area (Å²) in [4.78, 5) is 15.3. The van der Waals surface area contributed by atoms with Gasteiger partial charge in [0.15, 0.2) is 0 Å². The van der Waals surface area contributed by atoms with Crippen LogP contribution < -0.4 is 11.5 Å². The molecule has 4 aliphatic rings. The fourth-order valence-corrected chi connectivity index (χ4v) is 13.6. The third-order valence-electron chi connectivity index (χ3n) is 14.3. The van der Waals surface area contributed by atoms with Crippen molar-refractivity contribution in [2.45, 2.75) is 175 Å². The number of amides is 1. The molecule has 2 unspecified atom stereocenters. The van der Waals surface area contributed by atoms with Crippen molar-refractivity contribution < 1.29 is 4.79 Å². The summed E-state index contributed by atoms with van der Waals surface area (Å²) in [6, 6.07) is 0. The van der Waals surface area contributed by atoms with Crippen LogP contribution in [-0.4, -0.2) is 46.0 Å². The van der Waals surface area contributed by atoms with E-state index in [1.54, 1.807) is 5.57 Å². The van der Waals surface area contributed by atoms with Gasteiger partial charge in [-0.2, -0.15) is 0 Å². The Morgan fingerprint density at radius 1 is 0.940 bits per heavy atom. The quantitative estimate of drug-likeness (QED) is 0.0874. The molecule has 0 aromatic rings. The monoisotopic (exact) mass is 776 g/mol. The second-order valence-electron chi connectivity index (χ2n) is 19.3. The van der Waals surface area contributed by atoms with E-state index in [1.165, 1.54) is 70.6 Å². The minimum Gasteiger partial charge on any atom is -0.343 e. The van der Waals surface area contributed by atoms with E-state index in [4.69, 9.17) is 11.5 Å². The van der Waals surface area contributed by atoms with Crippen molar-refractivity contribution in [2.75, 3.05) is 18.8 Å². The fourth-order valence-electron chi connectivity index (χ4n) is 11.0. The molecule has 0 spiro atoms. The van der Waals surface area contributed by atoms with Gasteiger partial charge in [0.05, 0.1) is 0 Å². The summed E-state index contributed by atoms with van der Waals surface area (Å²) >= 11 is 0. The minimum atomic E-state index is -0.272. The van der Waals surface area contributed by atoms with Crippen molar-refractivity contribution in [3.8, 4) is 0 Å². The zero-order chi connectivity index (χ0) is 35.5. The number of carbonyl (C=O) groups excluding carboxylic acids is 1. The first-order valence-electron chi connectivity index (χ1n) is 20.2. The lowest BCUT2D eigenvalue weighted by Gasteiger charge is -2.58. The Labute approximate surface area is 330 Å². The maximum absolute atomic E-state index is 13.3. The first-order chi connectivity index (χ1) is 22.4. The largest absolute Gasteiger partial charge is 0.343 e. The number of hydrogen-bond acceptors (Lipinski definition) is 5. The van der Waals surface area contributed by atoms with E-state index in [1.807, 2.05) is 43.4 Å². The highest BCUT2D eigenvalue weighted by atomic mass is 35.5. The molecule has 0 bridgehead atoms. The van der Waals surface area contributed by atoms with Gasteiger partial charge in [-0.3, -0.25) is 4.79 Å². The maximum Gasteiger partial charge on any atom is 0.223 e. The second-order valence-corrected chi connectivity index (χ2v) is 22.1. The van der Waals surface area contributed by atoms with Crippen LogP contribution in [0, 0.1) is 52.3 Å². The van der Waals surface area contributed by atoms with E-state index in [2.05, 4.69) is 58.4 Å². The topological polar surface area (TPSA) is 72.3 Å². The summed E-state index contributed by atoms with van der Waals surface area (Å²) in [5, 5.41) is 0.677. The third kappa shape index (κ3) is 11.7. The summed E-state index contributed by atoms with van der Waals surface area (Å²) in [6.07, 6.45) is 20.3. The molecule has 0 aliphatic heterocycles. The molecule has 0 radical (unpaired) electrons. The number of nitrogens with two attached hydrogens (primary N) is 2. The standard InChI is InChI=1S/C42H77N3OS2.2ClH/c1-11-31(29(2)3)13-12-30(4)35-16-17-36-34-15-14-32-28-33(18-21-41(32,9)37(34)19-22-42(35,36)10)48-47-27-20-38(46)45(25-23-39(5,6)43)26-24-40(7,8)44;;/h14,29-31,33-37H,11-13,15-28,43-44H2,1-10H3;2*1H/t30?,31?,33-,34-,35+,36-,37-,41-,42+;;/m0../s1. The number of hydrogen-bond donors (Lipinski definition) is 2. The third-order valence-corrected chi connectivity index (χ3v) is 17.2. The molecule has 1 amide bonds. The van der Waals surface area contributed by atoms with E-state index in [-0.39, 0.29) is 41.8 Å². The number of nitrogens with zero attached hydrogens (tertiary/aromatic N) is 1. The average molecular weight is 777 g/mol. The van der Waals surface area contributed by atoms with Crippen molar-refractivity contribution in [3.05, 3.63) is 11.6 Å². The summed E-state index contributed by atoms with van der Waals surface area (Å²) in [7, 11) is 3.99. The molecule has 3 fully saturated rings. The van der Waals surface area contributed by atoms with Crippen LogP contribution in [0.2, 0.25) is 0 Å². The number of fused-ring (bicyclic) bond motifs is 5. The summed E-state index contributed by atoms with van der Waals surface area (Å²) < 4.78 is 0. The van der Waals surface area contributed by atoms with Gasteiger partial charge >= 0.3 is 0 Å². The van der Waals surface area contributed by atoms with Crippen LogP contribution >= 0.6 is 46.4 Å². The molecule has 0 heterocycles. The van der Waals surface area contributed by atoms with Crippen LogP contribution in [0.4, 0.5) is 0 Å². The molecule has 9 atom stereocenters. The van der Waals surface area contributed by atoms with Crippen LogP contribution in [0.3, 0.4) is 0 Å². The van der Waals surface area contributed by atoms with Crippen LogP contribution in [0.25, 0.3) is 0 Å². The summed E-state index contributed by atoms with van der Waals surface area (Å²) in [5.74, 6) is 7.35. The van der Waals surface area contributed by atoms with Gasteiger partial charge in [0.25, 0.3) is 0 Å². The Hall–Kier alpha value is 0.410. The Bertz CT molecular complexity index is 1070. The lowest BCUT2D eigenvalue weighted by Crippen LogP contribution is -2.50. The van der Waals surface area contributed by atoms with Crippen molar-refractivity contribution >= 4 is 52.3 Å². The molecule has 0 aromatic carbocycles. The van der Waals surface area contributed by atoms with Gasteiger partial charge in [-0.1, -0.05) is 87.6 Å². The van der Waals surface area contributed by atoms with Gasteiger partial charge < -0.3 is 16.4 Å². The van der Waals surface area contributed by atoms with Crippen molar-refractivity contribution in [3.63, 3.8) is 0 Å². The molecule has 4 nitrogen and oxygen atoms in total. The molecular weight excluding hydrogens is 698 g/mol. The predicted molar refractivity (Wildman–Crippen MR) is 228 cm³/mol. The van der Waals surface area contributed by atoms with Crippen LogP contribution in [0.5, 0.6) is 0 Å². The Balaban J connectivity index is 0.00000433. The van der Waals surface area contributed by atoms with Gasteiger partial charge in [-0.05, 0) is 151 Å². The van der Waals surface area contributed by atoms with Crippen molar-refractivity contribution in [2.24, 2.45) is 63.7 Å². The highest BCUT2D eigenvalue weighted by molar-refractivity contribution is 8.76. The number of rotatable bonds is 17. The normalized spacial score (nSPS) is 32.1. The average Bonchev–Trinajstić information content (AvgIpc) is 3.35. The molecule has 0 aromatic heterocycles. The van der Waals surface area contributed by atoms with E-state index >= 15 is 0 Å². The minimum absolute atomic E-state index is 0. The van der Waals surface area contributed by atoms with E-state index in [9.17, 15) is 4.79 Å². The van der Waals surface area contributed by atoms with Crippen LogP contribution in [0.1, 0.15) is 159 Å². The molecule has 8 heteroatoms. The zero-order valence-electron chi connectivity index (χ0n) is 33.9. The SMILES string of the molecule is CCC(CCC(C)[C@H]1CC[C@H]2[C@@H]3CC=C4C[C@@H](SSCCC(=O)N(CCC(C)(C)N)CCC(C)(C)N)CC[C@]4(C)[C@H]3CC[C@]12C)C(C)C.Cl.Cl. The number of allylic oxidation sites excluding steroid dienone is 2. The molecule has 4 rings (SSSR count). The Kier molecular flexibility index (Phi) is 18.0. The smallest absolute Gasteiger partial charge is 0.223 e. The first-order valence-corrected chi connectivity index (χ1v) is 22.6. The van der Waals surface area contributed by atoms with Gasteiger partial charge in [0.1, 0.15) is 0 Å². The molecule has 50 heavy (non-hydrogen) atoms. The van der Waals surface area contributed by atoms with E-state index in [0.29, 0.717) is 35.6 Å². The fraction of sp³-hybridized carbons (Fsp3) is 0.929. The van der Waals surface area contributed by atoms with Gasteiger partial charge in [0.2, 0.25) is 5.91 Å². The van der Waals surface area contributed by atoms with Crippen LogP contribution in [-0.2, 0) is 4.79 Å². The Morgan fingerprint density at radius 3 is 2.16 bits per heavy atom. The molecule has 0 saturated heterocycles. The second kappa shape index (κ2) is 19.3. The summed E-state index contributed by atoms with van der Waals surface area (Å²) in [6.45, 7) is 24.9. The van der Waals surface area contributed by atoms with Crippen LogP contribution in [0.15, 0.2) is 11.6 Å². The van der Waals surface area contributed by atoms with Gasteiger partial charge in [0, 0.05) is 41.6 Å². The van der Waals surface area contributed by atoms with E-state index in [0.717, 1.165) is 60.0 Å². The molecular formula is C42H79Cl2N3OS2. The molecule has 3 saturated carbocycles. The highest BCUT2D eigenvalue weighted by Gasteiger charge is 2.59. The van der Waals surface area contributed by atoms with Gasteiger partial charge in [-0.25, -0.2) is 0 Å². The van der Waals surface area contributed by atoms with Crippen molar-refractivity contribution in [1.82, 2.24) is 4.90 Å². The number of carbonyl (C=O) groups is 1. The number of halogens is 2. The molecule has 4 N–H and O–H groups in total. The lowest BCUT2D eigenvalue weighted by atomic mass is 9.47. The van der Waals surface area contributed by atoms with Gasteiger partial charge in [-0.15, -0.1) is 24.8 Å². The predicted octanol–water partition coefficient (Wildman–Crippen LogP) is 11.7. The highest BCUT2D eigenvalue weighted by Crippen LogP contribution is 2.67. The first kappa shape index (κ1) is 46.6. The van der Waals surface area contributed by atoms with E-state index < -0.39 is 0 Å². The molecule has 4 aliphatic carbocycles. The zero-order valence-corrected chi connectivity index (χ0v) is 37.1. The van der Waals surface area contributed by atoms with Crippen molar-refractivity contribution in [1.29, 1.82) is 0 Å². The lowest BCUT2D eigenvalue weighted by molar-refractivity contribution is -0.131. The molecule has 294 valence electrons. The maximum atomic E-state index is 13.3.